The minimum absolute atomic E-state index is 0.667. The molecule has 3 aromatic rings. The fourth-order valence-corrected chi connectivity index (χ4v) is 2.62. The third kappa shape index (κ3) is 4.03. The Morgan fingerprint density at radius 2 is 1.58 bits per heavy atom. The normalized spacial score (nSPS) is 10.3. The van der Waals surface area contributed by atoms with E-state index in [1.807, 2.05) is 42.5 Å². The largest absolute Gasteiger partial charge is 0.497 e. The van der Waals surface area contributed by atoms with Crippen LogP contribution in [0.5, 0.6) is 11.5 Å². The van der Waals surface area contributed by atoms with Crippen molar-refractivity contribution in [3.05, 3.63) is 60.4 Å². The van der Waals surface area contributed by atoms with Crippen molar-refractivity contribution in [1.82, 2.24) is 9.97 Å². The number of ether oxygens (including phenoxy) is 2. The molecule has 0 bridgehead atoms. The molecule has 6 heteroatoms. The molecule has 0 aliphatic carbocycles. The van der Waals surface area contributed by atoms with E-state index in [0.29, 0.717) is 11.6 Å². The van der Waals surface area contributed by atoms with Crippen LogP contribution in [0.25, 0.3) is 0 Å². The van der Waals surface area contributed by atoms with Crippen molar-refractivity contribution in [1.29, 1.82) is 0 Å². The summed E-state index contributed by atoms with van der Waals surface area (Å²) >= 11 is 0. The molecule has 0 unspecified atom stereocenters. The third-order valence-electron chi connectivity index (χ3n) is 4.00. The number of anilines is 4. The highest BCUT2D eigenvalue weighted by Crippen LogP contribution is 2.31. The number of benzene rings is 2. The number of nitrogens with zero attached hydrogens (tertiary/aromatic N) is 2. The van der Waals surface area contributed by atoms with Gasteiger partial charge in [0.25, 0.3) is 0 Å². The molecular weight excluding hydrogens is 328 g/mol. The lowest BCUT2D eigenvalue weighted by Gasteiger charge is -2.13. The van der Waals surface area contributed by atoms with Crippen LogP contribution in [0.3, 0.4) is 0 Å². The molecule has 0 saturated heterocycles. The van der Waals surface area contributed by atoms with E-state index in [0.717, 1.165) is 29.4 Å². The molecule has 0 atom stereocenters. The molecule has 6 nitrogen and oxygen atoms in total. The maximum Gasteiger partial charge on any atom is 0.146 e. The Morgan fingerprint density at radius 3 is 2.27 bits per heavy atom. The van der Waals surface area contributed by atoms with Gasteiger partial charge in [-0.25, -0.2) is 9.97 Å². The molecule has 0 fully saturated rings. The van der Waals surface area contributed by atoms with E-state index in [1.54, 1.807) is 14.2 Å². The average molecular weight is 350 g/mol. The Morgan fingerprint density at radius 1 is 0.846 bits per heavy atom. The van der Waals surface area contributed by atoms with Gasteiger partial charge in [-0.3, -0.25) is 0 Å². The molecule has 1 aromatic heterocycles. The van der Waals surface area contributed by atoms with Gasteiger partial charge >= 0.3 is 0 Å². The van der Waals surface area contributed by atoms with Crippen molar-refractivity contribution in [2.75, 3.05) is 24.9 Å². The number of hydrogen-bond acceptors (Lipinski definition) is 6. The predicted molar refractivity (Wildman–Crippen MR) is 104 cm³/mol. The van der Waals surface area contributed by atoms with Crippen LogP contribution in [0.15, 0.2) is 54.9 Å². The SMILES string of the molecule is CCc1ccccc1Nc1cc(Nc2ccc(OC)cc2OC)ncn1. The lowest BCUT2D eigenvalue weighted by Crippen LogP contribution is -2.01. The van der Waals surface area contributed by atoms with Gasteiger partial charge in [-0.05, 0) is 30.2 Å². The maximum atomic E-state index is 5.41. The summed E-state index contributed by atoms with van der Waals surface area (Å²) in [5.74, 6) is 2.79. The summed E-state index contributed by atoms with van der Waals surface area (Å²) < 4.78 is 10.6. The summed E-state index contributed by atoms with van der Waals surface area (Å²) in [7, 11) is 3.24. The Kier molecular flexibility index (Phi) is 5.53. The Bertz CT molecular complexity index is 883. The second-order valence-corrected chi connectivity index (χ2v) is 5.62. The van der Waals surface area contributed by atoms with E-state index < -0.39 is 0 Å². The molecule has 0 saturated carbocycles. The van der Waals surface area contributed by atoms with Gasteiger partial charge < -0.3 is 20.1 Å². The molecule has 134 valence electrons. The first-order valence-electron chi connectivity index (χ1n) is 8.39. The number of para-hydroxylation sites is 1. The number of aryl methyl sites for hydroxylation is 1. The molecule has 3 rings (SSSR count). The minimum Gasteiger partial charge on any atom is -0.497 e. The zero-order chi connectivity index (χ0) is 18.4. The summed E-state index contributed by atoms with van der Waals surface area (Å²) in [5, 5.41) is 6.61. The molecule has 0 radical (unpaired) electrons. The summed E-state index contributed by atoms with van der Waals surface area (Å²) in [4.78, 5) is 8.60. The third-order valence-corrected chi connectivity index (χ3v) is 4.00. The minimum atomic E-state index is 0.667. The zero-order valence-electron chi connectivity index (χ0n) is 15.1. The highest BCUT2D eigenvalue weighted by atomic mass is 16.5. The zero-order valence-corrected chi connectivity index (χ0v) is 15.1. The molecule has 0 spiro atoms. The van der Waals surface area contributed by atoms with Crippen LogP contribution in [0.4, 0.5) is 23.0 Å². The van der Waals surface area contributed by atoms with Crippen LogP contribution in [0.2, 0.25) is 0 Å². The lowest BCUT2D eigenvalue weighted by molar-refractivity contribution is 0.395. The van der Waals surface area contributed by atoms with E-state index in [2.05, 4.69) is 33.6 Å². The van der Waals surface area contributed by atoms with Gasteiger partial charge in [-0.1, -0.05) is 25.1 Å². The molecule has 26 heavy (non-hydrogen) atoms. The maximum absolute atomic E-state index is 5.41. The Labute approximate surface area is 153 Å². The second-order valence-electron chi connectivity index (χ2n) is 5.62. The average Bonchev–Trinajstić information content (AvgIpc) is 2.69. The van der Waals surface area contributed by atoms with Gasteiger partial charge in [0.05, 0.1) is 19.9 Å². The quantitative estimate of drug-likeness (QED) is 0.652. The highest BCUT2D eigenvalue weighted by Gasteiger charge is 2.08. The number of aromatic nitrogens is 2. The van der Waals surface area contributed by atoms with Crippen molar-refractivity contribution in [3.8, 4) is 11.5 Å². The first-order chi connectivity index (χ1) is 12.7. The standard InChI is InChI=1S/C20H22N4O2/c1-4-14-7-5-6-8-16(14)23-19-12-20(22-13-21-19)24-17-10-9-15(25-2)11-18(17)26-3/h5-13H,4H2,1-3H3,(H2,21,22,23,24). The number of hydrogen-bond donors (Lipinski definition) is 2. The monoisotopic (exact) mass is 350 g/mol. The Balaban J connectivity index is 1.82. The first kappa shape index (κ1) is 17.5. The van der Waals surface area contributed by atoms with Crippen LogP contribution in [0, 0.1) is 0 Å². The second kappa shape index (κ2) is 8.20. The lowest BCUT2D eigenvalue weighted by atomic mass is 10.1. The van der Waals surface area contributed by atoms with Crippen molar-refractivity contribution in [2.24, 2.45) is 0 Å². The fraction of sp³-hybridized carbons (Fsp3) is 0.200. The van der Waals surface area contributed by atoms with E-state index in [-0.39, 0.29) is 0 Å². The van der Waals surface area contributed by atoms with Crippen LogP contribution in [-0.4, -0.2) is 24.2 Å². The van der Waals surface area contributed by atoms with E-state index in [4.69, 9.17) is 9.47 Å². The topological polar surface area (TPSA) is 68.3 Å². The summed E-state index contributed by atoms with van der Waals surface area (Å²) in [6, 6.07) is 15.6. The summed E-state index contributed by atoms with van der Waals surface area (Å²) in [6.07, 6.45) is 2.47. The predicted octanol–water partition coefficient (Wildman–Crippen LogP) is 4.54. The van der Waals surface area contributed by atoms with Gasteiger partial charge in [0.1, 0.15) is 29.5 Å². The van der Waals surface area contributed by atoms with Crippen LogP contribution in [-0.2, 0) is 6.42 Å². The summed E-state index contributed by atoms with van der Waals surface area (Å²) in [6.45, 7) is 2.13. The van der Waals surface area contributed by atoms with Gasteiger partial charge in [0.15, 0.2) is 0 Å². The van der Waals surface area contributed by atoms with Crippen molar-refractivity contribution in [3.63, 3.8) is 0 Å². The van der Waals surface area contributed by atoms with Gasteiger partial charge in [-0.2, -0.15) is 0 Å². The van der Waals surface area contributed by atoms with E-state index in [1.165, 1.54) is 11.9 Å². The number of nitrogens with one attached hydrogen (secondary N) is 2. The van der Waals surface area contributed by atoms with Crippen molar-refractivity contribution < 1.29 is 9.47 Å². The molecule has 0 amide bonds. The molecule has 0 aliphatic rings. The van der Waals surface area contributed by atoms with Gasteiger partial charge in [0.2, 0.25) is 0 Å². The molecule has 1 heterocycles. The van der Waals surface area contributed by atoms with Crippen LogP contribution >= 0.6 is 0 Å². The van der Waals surface area contributed by atoms with Crippen LogP contribution in [0.1, 0.15) is 12.5 Å². The smallest absolute Gasteiger partial charge is 0.146 e. The fourth-order valence-electron chi connectivity index (χ4n) is 2.62. The van der Waals surface area contributed by atoms with E-state index in [9.17, 15) is 0 Å². The highest BCUT2D eigenvalue weighted by molar-refractivity contribution is 5.68. The molecule has 2 N–H and O–H groups in total. The Hall–Kier alpha value is -3.28. The molecule has 2 aromatic carbocycles. The molecule has 0 aliphatic heterocycles. The number of methoxy groups -OCH3 is 2. The van der Waals surface area contributed by atoms with Crippen LogP contribution < -0.4 is 20.1 Å². The van der Waals surface area contributed by atoms with Gasteiger partial charge in [-0.15, -0.1) is 0 Å². The summed E-state index contributed by atoms with van der Waals surface area (Å²) in [5.41, 5.74) is 3.08. The van der Waals surface area contributed by atoms with Gasteiger partial charge in [0, 0.05) is 17.8 Å². The number of rotatable bonds is 7. The van der Waals surface area contributed by atoms with Crippen molar-refractivity contribution >= 4 is 23.0 Å². The first-order valence-corrected chi connectivity index (χ1v) is 8.39. The van der Waals surface area contributed by atoms with Crippen molar-refractivity contribution in [2.45, 2.75) is 13.3 Å². The molecular formula is C20H22N4O2. The van der Waals surface area contributed by atoms with E-state index >= 15 is 0 Å².